The number of halogens is 4. The summed E-state index contributed by atoms with van der Waals surface area (Å²) >= 11 is 0. The summed E-state index contributed by atoms with van der Waals surface area (Å²) < 4.78 is 66.6. The first-order chi connectivity index (χ1) is 12.1. The molecule has 0 radical (unpaired) electrons. The van der Waals surface area contributed by atoms with Gasteiger partial charge in [-0.15, -0.1) is 25.6 Å². The molecule has 0 unspecified atom stereocenters. The molecular formula is C15H21ClF3N3O4S. The fourth-order valence-corrected chi connectivity index (χ4v) is 3.58. The van der Waals surface area contributed by atoms with E-state index in [0.29, 0.717) is 19.6 Å². The van der Waals surface area contributed by atoms with Gasteiger partial charge in [0.15, 0.2) is 0 Å². The molecule has 0 aromatic heterocycles. The molecule has 2 N–H and O–H groups in total. The first kappa shape index (κ1) is 23.5. The predicted molar refractivity (Wildman–Crippen MR) is 94.2 cm³/mol. The van der Waals surface area contributed by atoms with Crippen LogP contribution in [-0.4, -0.2) is 57.8 Å². The Bertz CT molecular complexity index is 729. The van der Waals surface area contributed by atoms with E-state index in [9.17, 15) is 26.4 Å². The second kappa shape index (κ2) is 9.58. The molecule has 1 aliphatic rings. The van der Waals surface area contributed by atoms with E-state index in [1.165, 1.54) is 0 Å². The summed E-state index contributed by atoms with van der Waals surface area (Å²) in [5.41, 5.74) is 0. The second-order valence-electron chi connectivity index (χ2n) is 5.81. The number of benzene rings is 1. The number of hydrogen-bond donors (Lipinski definition) is 2. The Morgan fingerprint density at radius 2 is 1.96 bits per heavy atom. The van der Waals surface area contributed by atoms with E-state index in [4.69, 9.17) is 0 Å². The summed E-state index contributed by atoms with van der Waals surface area (Å²) in [6.45, 7) is 3.74. The number of sulfonamides is 1. The molecule has 7 nitrogen and oxygen atoms in total. The Morgan fingerprint density at radius 3 is 2.52 bits per heavy atom. The first-order valence-corrected chi connectivity index (χ1v) is 9.42. The predicted octanol–water partition coefficient (Wildman–Crippen LogP) is 1.50. The van der Waals surface area contributed by atoms with Crippen LogP contribution >= 0.6 is 12.4 Å². The number of amides is 1. The molecule has 1 fully saturated rings. The van der Waals surface area contributed by atoms with E-state index in [2.05, 4.69) is 14.8 Å². The van der Waals surface area contributed by atoms with E-state index >= 15 is 0 Å². The zero-order chi connectivity index (χ0) is 19.4. The SMILES string of the molecule is C[C@H]1CNCCN1C(=O)CCNS(=O)(=O)c1ccc(OC(F)(F)F)cc1.Cl. The highest BCUT2D eigenvalue weighted by molar-refractivity contribution is 7.89. The third-order valence-corrected chi connectivity index (χ3v) is 5.30. The maximum absolute atomic E-state index is 12.1. The van der Waals surface area contributed by atoms with Crippen LogP contribution in [0.25, 0.3) is 0 Å². The van der Waals surface area contributed by atoms with Crippen molar-refractivity contribution in [2.24, 2.45) is 0 Å². The molecular weight excluding hydrogens is 411 g/mol. The van der Waals surface area contributed by atoms with Crippen LogP contribution in [-0.2, 0) is 14.8 Å². The Hall–Kier alpha value is -1.56. The fourth-order valence-electron chi connectivity index (χ4n) is 2.55. The molecule has 0 aliphatic carbocycles. The highest BCUT2D eigenvalue weighted by atomic mass is 35.5. The van der Waals surface area contributed by atoms with Crippen LogP contribution in [0, 0.1) is 0 Å². The van der Waals surface area contributed by atoms with Crippen LogP contribution < -0.4 is 14.8 Å². The van der Waals surface area contributed by atoms with Crippen LogP contribution in [0.5, 0.6) is 5.75 Å². The summed E-state index contributed by atoms with van der Waals surface area (Å²) in [7, 11) is -3.93. The van der Waals surface area contributed by atoms with Gasteiger partial charge in [0.05, 0.1) is 4.90 Å². The number of hydrogen-bond acceptors (Lipinski definition) is 5. The minimum atomic E-state index is -4.85. The molecule has 1 aromatic carbocycles. The van der Waals surface area contributed by atoms with Crippen LogP contribution in [0.15, 0.2) is 29.2 Å². The summed E-state index contributed by atoms with van der Waals surface area (Å²) in [6, 6.07) is 3.87. The van der Waals surface area contributed by atoms with Crippen LogP contribution in [0.3, 0.4) is 0 Å². The van der Waals surface area contributed by atoms with Gasteiger partial charge in [-0.2, -0.15) is 0 Å². The van der Waals surface area contributed by atoms with Gasteiger partial charge >= 0.3 is 6.36 Å². The number of rotatable bonds is 6. The molecule has 1 aromatic rings. The Morgan fingerprint density at radius 1 is 1.33 bits per heavy atom. The summed E-state index contributed by atoms with van der Waals surface area (Å²) in [5.74, 6) is -0.671. The van der Waals surface area contributed by atoms with Crippen molar-refractivity contribution in [1.29, 1.82) is 0 Å². The number of nitrogens with zero attached hydrogens (tertiary/aromatic N) is 1. The summed E-state index contributed by atoms with van der Waals surface area (Å²) in [5, 5.41) is 3.15. The molecule has 0 bridgehead atoms. The van der Waals surface area contributed by atoms with Gasteiger partial charge in [-0.25, -0.2) is 13.1 Å². The maximum Gasteiger partial charge on any atom is 0.573 e. The number of carbonyl (C=O) groups is 1. The first-order valence-electron chi connectivity index (χ1n) is 7.94. The molecule has 0 saturated carbocycles. The third kappa shape index (κ3) is 7.17. The van der Waals surface area contributed by atoms with Gasteiger partial charge in [0.25, 0.3) is 0 Å². The lowest BCUT2D eigenvalue weighted by atomic mass is 10.2. The van der Waals surface area contributed by atoms with Crippen molar-refractivity contribution in [2.45, 2.75) is 30.6 Å². The summed E-state index contributed by atoms with van der Waals surface area (Å²) in [6.07, 6.45) is -4.85. The molecule has 1 atom stereocenters. The van der Waals surface area contributed by atoms with Gasteiger partial charge in [0.2, 0.25) is 15.9 Å². The fraction of sp³-hybridized carbons (Fsp3) is 0.533. The van der Waals surface area contributed by atoms with E-state index in [1.807, 2.05) is 6.92 Å². The molecule has 1 amide bonds. The highest BCUT2D eigenvalue weighted by Crippen LogP contribution is 2.23. The Balaban J connectivity index is 0.00000364. The standard InChI is InChI=1S/C15H20F3N3O4S.ClH/c1-11-10-19-8-9-21(11)14(22)6-7-20-26(23,24)13-4-2-12(3-5-13)25-15(16,17)18;/h2-5,11,19-20H,6-10H2,1H3;1H/t11-;/m0./s1. The number of piperazine rings is 1. The van der Waals surface area contributed by atoms with E-state index in [1.54, 1.807) is 4.90 Å². The second-order valence-corrected chi connectivity index (χ2v) is 7.57. The van der Waals surface area contributed by atoms with Crippen molar-refractivity contribution in [3.63, 3.8) is 0 Å². The molecule has 1 heterocycles. The minimum absolute atomic E-state index is 0. The Kier molecular flexibility index (Phi) is 8.33. The molecule has 12 heteroatoms. The van der Waals surface area contributed by atoms with Crippen molar-refractivity contribution in [3.8, 4) is 5.75 Å². The maximum atomic E-state index is 12.1. The van der Waals surface area contributed by atoms with Gasteiger partial charge < -0.3 is 15.0 Å². The number of ether oxygens (including phenoxy) is 1. The average molecular weight is 432 g/mol. The molecule has 27 heavy (non-hydrogen) atoms. The van der Waals surface area contributed by atoms with E-state index < -0.39 is 22.1 Å². The average Bonchev–Trinajstić information content (AvgIpc) is 2.54. The van der Waals surface area contributed by atoms with Crippen molar-refractivity contribution in [3.05, 3.63) is 24.3 Å². The van der Waals surface area contributed by atoms with Gasteiger partial charge in [0, 0.05) is 38.6 Å². The number of nitrogens with one attached hydrogen (secondary N) is 2. The summed E-state index contributed by atoms with van der Waals surface area (Å²) in [4.78, 5) is 13.6. The zero-order valence-electron chi connectivity index (χ0n) is 14.5. The van der Waals surface area contributed by atoms with Gasteiger partial charge in [-0.1, -0.05) is 0 Å². The minimum Gasteiger partial charge on any atom is -0.406 e. The number of alkyl halides is 3. The monoisotopic (exact) mass is 431 g/mol. The molecule has 0 spiro atoms. The van der Waals surface area contributed by atoms with Crippen molar-refractivity contribution < 1.29 is 31.1 Å². The van der Waals surface area contributed by atoms with Crippen LogP contribution in [0.4, 0.5) is 13.2 Å². The lowest BCUT2D eigenvalue weighted by Crippen LogP contribution is -2.52. The normalized spacial score (nSPS) is 17.9. The quantitative estimate of drug-likeness (QED) is 0.712. The van der Waals surface area contributed by atoms with Gasteiger partial charge in [-0.3, -0.25) is 4.79 Å². The lowest BCUT2D eigenvalue weighted by Gasteiger charge is -2.34. The largest absolute Gasteiger partial charge is 0.573 e. The smallest absolute Gasteiger partial charge is 0.406 e. The molecule has 2 rings (SSSR count). The number of carbonyl (C=O) groups excluding carboxylic acids is 1. The Labute approximate surface area is 161 Å². The zero-order valence-corrected chi connectivity index (χ0v) is 16.1. The van der Waals surface area contributed by atoms with Crippen molar-refractivity contribution in [2.75, 3.05) is 26.2 Å². The van der Waals surface area contributed by atoms with Gasteiger partial charge in [-0.05, 0) is 31.2 Å². The van der Waals surface area contributed by atoms with Crippen LogP contribution in [0.2, 0.25) is 0 Å². The lowest BCUT2D eigenvalue weighted by molar-refractivity contribution is -0.274. The van der Waals surface area contributed by atoms with Crippen LogP contribution in [0.1, 0.15) is 13.3 Å². The van der Waals surface area contributed by atoms with Crippen molar-refractivity contribution in [1.82, 2.24) is 14.9 Å². The molecule has 1 saturated heterocycles. The van der Waals surface area contributed by atoms with E-state index in [0.717, 1.165) is 24.3 Å². The highest BCUT2D eigenvalue weighted by Gasteiger charge is 2.31. The van der Waals surface area contributed by atoms with Gasteiger partial charge in [0.1, 0.15) is 5.75 Å². The third-order valence-electron chi connectivity index (χ3n) is 3.82. The van der Waals surface area contributed by atoms with E-state index in [-0.39, 0.29) is 42.2 Å². The molecule has 1 aliphatic heterocycles. The topological polar surface area (TPSA) is 87.7 Å². The van der Waals surface area contributed by atoms with Crippen molar-refractivity contribution >= 4 is 28.3 Å². The molecule has 154 valence electrons.